The number of ether oxygens (including phenoxy) is 3. The van der Waals surface area contributed by atoms with Crippen LogP contribution in [0.1, 0.15) is 54.2 Å². The zero-order valence-electron chi connectivity index (χ0n) is 22.4. The number of carbonyl (C=O) groups is 2. The smallest absolute Gasteiger partial charge is 0.351 e. The number of rotatable bonds is 13. The van der Waals surface area contributed by atoms with Crippen molar-refractivity contribution in [2.45, 2.75) is 90.2 Å². The Morgan fingerprint density at radius 1 is 1.24 bits per heavy atom. The standard InChI is InChI=1S/C23H38N5O9P/c1-8-23(11-17(29)19(37-23)28-10-9-18(24)25-22(28)32)12-34-38(33,26-15(6)20(30)35-13(2)3)27-16(7)21(31)36-14(4)5/h8-10,13-17,19,29H,1,11-12H2,2-7H3,(H2,24,25,32)(H2,26,27,33)/t15-,16-,17+,19+,23-/m0/s1. The summed E-state index contributed by atoms with van der Waals surface area (Å²) < 4.78 is 36.9. The molecule has 1 saturated heterocycles. The van der Waals surface area contributed by atoms with Crippen LogP contribution in [0, 0.1) is 0 Å². The number of aliphatic hydroxyl groups excluding tert-OH is 1. The minimum absolute atomic E-state index is 0.00497. The molecule has 1 fully saturated rings. The minimum Gasteiger partial charge on any atom is -0.462 e. The lowest BCUT2D eigenvalue weighted by Gasteiger charge is -2.31. The van der Waals surface area contributed by atoms with Crippen molar-refractivity contribution >= 4 is 25.4 Å². The van der Waals surface area contributed by atoms with E-state index in [1.165, 1.54) is 32.2 Å². The third kappa shape index (κ3) is 8.45. The summed E-state index contributed by atoms with van der Waals surface area (Å²) in [5.74, 6) is -1.38. The van der Waals surface area contributed by atoms with Crippen LogP contribution in [-0.4, -0.2) is 69.2 Å². The van der Waals surface area contributed by atoms with E-state index >= 15 is 0 Å². The molecule has 0 spiro atoms. The highest BCUT2D eigenvalue weighted by molar-refractivity contribution is 7.54. The number of nitrogens with zero attached hydrogens (tertiary/aromatic N) is 2. The second kappa shape index (κ2) is 13.0. The number of hydrogen-bond donors (Lipinski definition) is 4. The molecule has 2 rings (SSSR count). The normalized spacial score (nSPS) is 23.3. The van der Waals surface area contributed by atoms with Gasteiger partial charge in [0, 0.05) is 12.6 Å². The van der Waals surface area contributed by atoms with Crippen LogP contribution in [-0.2, 0) is 32.9 Å². The summed E-state index contributed by atoms with van der Waals surface area (Å²) in [6, 6.07) is -0.809. The lowest BCUT2D eigenvalue weighted by molar-refractivity contribution is -0.149. The molecule has 1 aliphatic rings. The van der Waals surface area contributed by atoms with Gasteiger partial charge in [-0.05, 0) is 47.6 Å². The van der Waals surface area contributed by atoms with Gasteiger partial charge in [0.2, 0.25) is 0 Å². The second-order valence-corrected chi connectivity index (χ2v) is 11.5. The SMILES string of the molecule is C=C[C@@]1(COP(=O)(N[C@@H](C)C(=O)OC(C)C)N[C@@H](C)C(=O)OC(C)C)C[C@@H](O)[C@H](n2ccc(N)nc2=O)O1. The maximum atomic E-state index is 13.9. The monoisotopic (exact) mass is 559 g/mol. The maximum Gasteiger partial charge on any atom is 0.351 e. The highest BCUT2D eigenvalue weighted by Gasteiger charge is 2.47. The van der Waals surface area contributed by atoms with Crippen molar-refractivity contribution in [2.24, 2.45) is 0 Å². The predicted octanol–water partition coefficient (Wildman–Crippen LogP) is 1.01. The van der Waals surface area contributed by atoms with Gasteiger partial charge in [-0.25, -0.2) is 15.0 Å². The van der Waals surface area contributed by atoms with Crippen LogP contribution in [0.25, 0.3) is 0 Å². The second-order valence-electron chi connectivity index (χ2n) is 9.59. The van der Waals surface area contributed by atoms with Crippen LogP contribution in [0.5, 0.6) is 0 Å². The fourth-order valence-electron chi connectivity index (χ4n) is 3.56. The molecule has 0 unspecified atom stereocenters. The third-order valence-corrected chi connectivity index (χ3v) is 7.31. The first-order chi connectivity index (χ1) is 17.6. The molecule has 5 atom stereocenters. The van der Waals surface area contributed by atoms with Crippen molar-refractivity contribution in [1.29, 1.82) is 0 Å². The van der Waals surface area contributed by atoms with E-state index in [0.29, 0.717) is 0 Å². The molecule has 38 heavy (non-hydrogen) atoms. The van der Waals surface area contributed by atoms with Gasteiger partial charge in [0.25, 0.3) is 0 Å². The van der Waals surface area contributed by atoms with Gasteiger partial charge in [-0.3, -0.25) is 18.7 Å². The number of esters is 2. The Kier molecular flexibility index (Phi) is 10.8. The first-order valence-electron chi connectivity index (χ1n) is 12.2. The molecule has 14 nitrogen and oxygen atoms in total. The van der Waals surface area contributed by atoms with E-state index in [0.717, 1.165) is 4.57 Å². The van der Waals surface area contributed by atoms with Gasteiger partial charge in [0.15, 0.2) is 6.23 Å². The Morgan fingerprint density at radius 3 is 2.21 bits per heavy atom. The number of nitrogens with one attached hydrogen (secondary N) is 2. The summed E-state index contributed by atoms with van der Waals surface area (Å²) in [4.78, 5) is 40.7. The molecule has 1 aromatic rings. The van der Waals surface area contributed by atoms with E-state index in [1.807, 2.05) is 0 Å². The first-order valence-corrected chi connectivity index (χ1v) is 13.8. The molecule has 5 N–H and O–H groups in total. The molecule has 0 radical (unpaired) electrons. The van der Waals surface area contributed by atoms with Gasteiger partial charge in [0.05, 0.1) is 18.8 Å². The van der Waals surface area contributed by atoms with Gasteiger partial charge in [0.1, 0.15) is 29.6 Å². The maximum absolute atomic E-state index is 13.9. The predicted molar refractivity (Wildman–Crippen MR) is 138 cm³/mol. The van der Waals surface area contributed by atoms with Crippen molar-refractivity contribution < 1.29 is 38.0 Å². The molecule has 1 aromatic heterocycles. The van der Waals surface area contributed by atoms with Gasteiger partial charge >= 0.3 is 25.3 Å². The number of nitrogens with two attached hydrogens (primary N) is 1. The molecule has 15 heteroatoms. The number of aromatic nitrogens is 2. The Morgan fingerprint density at radius 2 is 1.76 bits per heavy atom. The fraction of sp³-hybridized carbons (Fsp3) is 0.652. The van der Waals surface area contributed by atoms with Crippen molar-refractivity contribution in [2.75, 3.05) is 12.3 Å². The number of hydrogen-bond acceptors (Lipinski definition) is 11. The highest BCUT2D eigenvalue weighted by Crippen LogP contribution is 2.44. The first kappa shape index (κ1) is 31.6. The summed E-state index contributed by atoms with van der Waals surface area (Å²) in [5, 5.41) is 15.8. The molecule has 0 aromatic carbocycles. The summed E-state index contributed by atoms with van der Waals surface area (Å²) in [5.41, 5.74) is 3.40. The molecular formula is C23H38N5O9P. The Hall–Kier alpha value is -2.61. The van der Waals surface area contributed by atoms with E-state index < -0.39 is 74.1 Å². The average molecular weight is 560 g/mol. The zero-order chi connectivity index (χ0) is 28.8. The van der Waals surface area contributed by atoms with Crippen molar-refractivity contribution in [3.8, 4) is 0 Å². The van der Waals surface area contributed by atoms with Crippen LogP contribution in [0.3, 0.4) is 0 Å². The van der Waals surface area contributed by atoms with Crippen LogP contribution >= 0.6 is 7.67 Å². The lowest BCUT2D eigenvalue weighted by Crippen LogP contribution is -2.44. The van der Waals surface area contributed by atoms with Gasteiger partial charge in [-0.1, -0.05) is 6.08 Å². The van der Waals surface area contributed by atoms with Crippen molar-refractivity contribution in [3.63, 3.8) is 0 Å². The Labute approximate surface area is 221 Å². The van der Waals surface area contributed by atoms with Crippen molar-refractivity contribution in [1.82, 2.24) is 19.7 Å². The van der Waals surface area contributed by atoms with E-state index in [4.69, 9.17) is 24.5 Å². The summed E-state index contributed by atoms with van der Waals surface area (Å²) in [6.07, 6.45) is -0.563. The van der Waals surface area contributed by atoms with E-state index in [9.17, 15) is 24.1 Å². The number of nitrogen functional groups attached to an aromatic ring is 1. The lowest BCUT2D eigenvalue weighted by atomic mass is 10.0. The molecule has 1 aliphatic heterocycles. The summed E-state index contributed by atoms with van der Waals surface area (Å²) >= 11 is 0. The molecule has 0 aliphatic carbocycles. The molecule has 0 amide bonds. The number of carbonyl (C=O) groups excluding carboxylic acids is 2. The van der Waals surface area contributed by atoms with Crippen LogP contribution in [0.2, 0.25) is 0 Å². The van der Waals surface area contributed by atoms with Gasteiger partial charge in [-0.2, -0.15) is 4.98 Å². The summed E-state index contributed by atoms with van der Waals surface area (Å²) in [7, 11) is -4.17. The van der Waals surface area contributed by atoms with Gasteiger partial charge < -0.3 is 29.6 Å². The number of aliphatic hydroxyl groups is 1. The average Bonchev–Trinajstić information content (AvgIpc) is 3.13. The molecule has 2 heterocycles. The molecule has 214 valence electrons. The number of anilines is 1. The van der Waals surface area contributed by atoms with Gasteiger partial charge in [-0.15, -0.1) is 6.58 Å². The molecular weight excluding hydrogens is 521 g/mol. The quantitative estimate of drug-likeness (QED) is 0.152. The fourth-order valence-corrected chi connectivity index (χ4v) is 5.42. The third-order valence-electron chi connectivity index (χ3n) is 5.37. The van der Waals surface area contributed by atoms with E-state index in [-0.39, 0.29) is 12.2 Å². The van der Waals surface area contributed by atoms with Crippen molar-refractivity contribution in [3.05, 3.63) is 35.4 Å². The Bertz CT molecular complexity index is 1080. The molecule has 0 saturated carbocycles. The Balaban J connectivity index is 2.27. The zero-order valence-corrected chi connectivity index (χ0v) is 23.3. The summed E-state index contributed by atoms with van der Waals surface area (Å²) in [6.45, 7) is 12.8. The van der Waals surface area contributed by atoms with E-state index in [2.05, 4.69) is 21.7 Å². The molecule has 0 bridgehead atoms. The highest BCUT2D eigenvalue weighted by atomic mass is 31.2. The minimum atomic E-state index is -4.17. The van der Waals surface area contributed by atoms with Crippen LogP contribution < -0.4 is 21.6 Å². The van der Waals surface area contributed by atoms with E-state index in [1.54, 1.807) is 27.7 Å². The van der Waals surface area contributed by atoms with Crippen LogP contribution in [0.4, 0.5) is 5.82 Å². The van der Waals surface area contributed by atoms with Crippen LogP contribution in [0.15, 0.2) is 29.7 Å². The topological polar surface area (TPSA) is 193 Å². The largest absolute Gasteiger partial charge is 0.462 e.